The summed E-state index contributed by atoms with van der Waals surface area (Å²) in [6.45, 7) is 0.907. The van der Waals surface area contributed by atoms with Gasteiger partial charge in [0.15, 0.2) is 0 Å². The quantitative estimate of drug-likeness (QED) is 0.792. The maximum atomic E-state index is 13.7. The lowest BCUT2D eigenvalue weighted by Gasteiger charge is -2.11. The van der Waals surface area contributed by atoms with Crippen LogP contribution in [0.3, 0.4) is 0 Å². The highest BCUT2D eigenvalue weighted by Crippen LogP contribution is 2.24. The van der Waals surface area contributed by atoms with E-state index in [1.807, 2.05) is 0 Å². The van der Waals surface area contributed by atoms with Crippen molar-refractivity contribution in [2.24, 2.45) is 0 Å². The second-order valence-electron chi connectivity index (χ2n) is 5.09. The molecule has 138 valence electrons. The van der Waals surface area contributed by atoms with Gasteiger partial charge in [-0.2, -0.15) is 0 Å². The molecule has 2 aromatic rings. The molecule has 0 unspecified atom stereocenters. The minimum Gasteiger partial charge on any atom is -0.406 e. The number of anilines is 1. The number of carbonyl (C=O) groups excluding carboxylic acids is 2. The Kier molecular flexibility index (Phi) is 5.75. The van der Waals surface area contributed by atoms with Gasteiger partial charge >= 0.3 is 6.36 Å². The third-order valence-corrected chi connectivity index (χ3v) is 3.02. The van der Waals surface area contributed by atoms with Crippen molar-refractivity contribution in [1.82, 2.24) is 10.3 Å². The molecule has 0 aliphatic rings. The predicted molar refractivity (Wildman–Crippen MR) is 82.8 cm³/mol. The van der Waals surface area contributed by atoms with Crippen molar-refractivity contribution in [2.45, 2.75) is 19.8 Å². The SMILES string of the molecule is CC(=O)Nc1cc(C(=O)NCc2cc(OC(F)(F)F)ccc2F)ccn1. The lowest BCUT2D eigenvalue weighted by Crippen LogP contribution is -2.24. The van der Waals surface area contributed by atoms with E-state index < -0.39 is 23.8 Å². The number of carbonyl (C=O) groups is 2. The van der Waals surface area contributed by atoms with Gasteiger partial charge in [-0.1, -0.05) is 0 Å². The molecule has 2 rings (SSSR count). The Morgan fingerprint density at radius 3 is 2.58 bits per heavy atom. The summed E-state index contributed by atoms with van der Waals surface area (Å²) in [4.78, 5) is 26.9. The van der Waals surface area contributed by atoms with Crippen LogP contribution in [0.1, 0.15) is 22.8 Å². The fourth-order valence-electron chi connectivity index (χ4n) is 1.98. The number of benzene rings is 1. The third-order valence-electron chi connectivity index (χ3n) is 3.02. The molecule has 1 heterocycles. The van der Waals surface area contributed by atoms with E-state index in [1.54, 1.807) is 0 Å². The first-order valence-corrected chi connectivity index (χ1v) is 7.20. The molecule has 0 bridgehead atoms. The minimum absolute atomic E-state index is 0.131. The normalized spacial score (nSPS) is 11.0. The van der Waals surface area contributed by atoms with Crippen LogP contribution in [-0.4, -0.2) is 23.2 Å². The second kappa shape index (κ2) is 7.81. The molecule has 0 atom stereocenters. The molecule has 0 radical (unpaired) electrons. The molecule has 10 heteroatoms. The number of nitrogens with zero attached hydrogens (tertiary/aromatic N) is 1. The van der Waals surface area contributed by atoms with Crippen LogP contribution in [0.25, 0.3) is 0 Å². The van der Waals surface area contributed by atoms with E-state index in [0.717, 1.165) is 18.2 Å². The first kappa shape index (κ1) is 19.2. The Labute approximate surface area is 145 Å². The van der Waals surface area contributed by atoms with E-state index in [1.165, 1.54) is 25.3 Å². The van der Waals surface area contributed by atoms with Crippen molar-refractivity contribution >= 4 is 17.6 Å². The van der Waals surface area contributed by atoms with Crippen LogP contribution in [0, 0.1) is 5.82 Å². The number of ether oxygens (including phenoxy) is 1. The summed E-state index contributed by atoms with van der Waals surface area (Å²) in [6, 6.07) is 5.15. The number of pyridine rings is 1. The summed E-state index contributed by atoms with van der Waals surface area (Å²) in [5.74, 6) is -2.25. The lowest BCUT2D eigenvalue weighted by molar-refractivity contribution is -0.274. The first-order valence-electron chi connectivity index (χ1n) is 7.20. The number of hydrogen-bond donors (Lipinski definition) is 2. The molecule has 6 nitrogen and oxygen atoms in total. The van der Waals surface area contributed by atoms with Gasteiger partial charge in [0, 0.05) is 30.8 Å². The Morgan fingerprint density at radius 2 is 1.92 bits per heavy atom. The number of rotatable bonds is 5. The van der Waals surface area contributed by atoms with Gasteiger partial charge in [0.2, 0.25) is 5.91 Å². The molecule has 2 amide bonds. The standard InChI is InChI=1S/C16H13F4N3O3/c1-9(24)23-14-7-10(4-5-21-14)15(25)22-8-11-6-12(2-3-13(11)17)26-16(18,19)20/h2-7H,8H2,1H3,(H,22,25)(H,21,23,24). The van der Waals surface area contributed by atoms with Crippen molar-refractivity contribution in [1.29, 1.82) is 0 Å². The molecule has 0 aliphatic heterocycles. The van der Waals surface area contributed by atoms with Crippen LogP contribution in [0.4, 0.5) is 23.4 Å². The van der Waals surface area contributed by atoms with E-state index in [9.17, 15) is 27.2 Å². The molecule has 2 N–H and O–H groups in total. The summed E-state index contributed by atoms with van der Waals surface area (Å²) in [5, 5.41) is 4.77. The number of alkyl halides is 3. The van der Waals surface area contributed by atoms with Gasteiger partial charge in [0.25, 0.3) is 5.91 Å². The molecule has 0 fully saturated rings. The maximum Gasteiger partial charge on any atom is 0.573 e. The van der Waals surface area contributed by atoms with E-state index >= 15 is 0 Å². The Balaban J connectivity index is 2.07. The average Bonchev–Trinajstić information content (AvgIpc) is 2.53. The fourth-order valence-corrected chi connectivity index (χ4v) is 1.98. The van der Waals surface area contributed by atoms with Gasteiger partial charge < -0.3 is 15.4 Å². The average molecular weight is 371 g/mol. The highest BCUT2D eigenvalue weighted by molar-refractivity contribution is 5.96. The van der Waals surface area contributed by atoms with Crippen LogP contribution in [0.2, 0.25) is 0 Å². The zero-order valence-electron chi connectivity index (χ0n) is 13.4. The zero-order valence-corrected chi connectivity index (χ0v) is 13.4. The second-order valence-corrected chi connectivity index (χ2v) is 5.09. The van der Waals surface area contributed by atoms with Gasteiger partial charge in [-0.15, -0.1) is 13.2 Å². The molecule has 0 spiro atoms. The largest absolute Gasteiger partial charge is 0.573 e. The molecular formula is C16H13F4N3O3. The van der Waals surface area contributed by atoms with Crippen LogP contribution in [0.5, 0.6) is 5.75 Å². The zero-order chi connectivity index (χ0) is 19.3. The van der Waals surface area contributed by atoms with Gasteiger partial charge in [-0.05, 0) is 30.3 Å². The summed E-state index contributed by atoms with van der Waals surface area (Å²) < 4.78 is 54.1. The van der Waals surface area contributed by atoms with Crippen LogP contribution >= 0.6 is 0 Å². The lowest BCUT2D eigenvalue weighted by atomic mass is 10.2. The van der Waals surface area contributed by atoms with Gasteiger partial charge in [0.1, 0.15) is 17.4 Å². The first-order chi connectivity index (χ1) is 12.1. The van der Waals surface area contributed by atoms with E-state index in [-0.39, 0.29) is 29.4 Å². The van der Waals surface area contributed by atoms with Crippen molar-refractivity contribution in [3.8, 4) is 5.75 Å². The minimum atomic E-state index is -4.91. The molecule has 0 saturated heterocycles. The van der Waals surface area contributed by atoms with Gasteiger partial charge in [0.05, 0.1) is 0 Å². The van der Waals surface area contributed by atoms with Crippen molar-refractivity contribution in [2.75, 3.05) is 5.32 Å². The molecule has 0 aliphatic carbocycles. The third kappa shape index (κ3) is 5.72. The van der Waals surface area contributed by atoms with Crippen molar-refractivity contribution in [3.05, 3.63) is 53.5 Å². The summed E-state index contributed by atoms with van der Waals surface area (Å²) >= 11 is 0. The van der Waals surface area contributed by atoms with Gasteiger partial charge in [-0.3, -0.25) is 9.59 Å². The molecule has 1 aromatic carbocycles. The number of amides is 2. The van der Waals surface area contributed by atoms with E-state index in [4.69, 9.17) is 0 Å². The smallest absolute Gasteiger partial charge is 0.406 e. The van der Waals surface area contributed by atoms with E-state index in [0.29, 0.717) is 0 Å². The maximum absolute atomic E-state index is 13.7. The molecule has 0 saturated carbocycles. The van der Waals surface area contributed by atoms with Gasteiger partial charge in [-0.25, -0.2) is 9.37 Å². The van der Waals surface area contributed by atoms with E-state index in [2.05, 4.69) is 20.4 Å². The predicted octanol–water partition coefficient (Wildman–Crippen LogP) is 3.01. The Morgan fingerprint density at radius 1 is 1.19 bits per heavy atom. The number of halogens is 4. The van der Waals surface area contributed by atoms with Crippen LogP contribution in [0.15, 0.2) is 36.5 Å². The number of aromatic nitrogens is 1. The highest BCUT2D eigenvalue weighted by Gasteiger charge is 2.31. The highest BCUT2D eigenvalue weighted by atomic mass is 19.4. The molecular weight excluding hydrogens is 358 g/mol. The summed E-state index contributed by atoms with van der Waals surface area (Å²) in [7, 11) is 0. The van der Waals surface area contributed by atoms with Crippen molar-refractivity contribution < 1.29 is 31.9 Å². The topological polar surface area (TPSA) is 80.3 Å². The number of nitrogens with one attached hydrogen (secondary N) is 2. The summed E-state index contributed by atoms with van der Waals surface area (Å²) in [6.07, 6.45) is -3.62. The monoisotopic (exact) mass is 371 g/mol. The Bertz CT molecular complexity index is 825. The molecule has 26 heavy (non-hydrogen) atoms. The molecule has 1 aromatic heterocycles. The van der Waals surface area contributed by atoms with Crippen LogP contribution < -0.4 is 15.4 Å². The van der Waals surface area contributed by atoms with Crippen LogP contribution in [-0.2, 0) is 11.3 Å². The Hall–Kier alpha value is -3.17. The fraction of sp³-hybridized carbons (Fsp3) is 0.188. The summed E-state index contributed by atoms with van der Waals surface area (Å²) in [5.41, 5.74) is -0.0527. The number of hydrogen-bond acceptors (Lipinski definition) is 4. The van der Waals surface area contributed by atoms with Crippen molar-refractivity contribution in [3.63, 3.8) is 0 Å².